The van der Waals surface area contributed by atoms with E-state index in [1.54, 1.807) is 6.08 Å². The van der Waals surface area contributed by atoms with E-state index in [4.69, 9.17) is 4.74 Å². The third kappa shape index (κ3) is 2.18. The van der Waals surface area contributed by atoms with Crippen LogP contribution in [0.4, 0.5) is 0 Å². The zero-order chi connectivity index (χ0) is 17.1. The second-order valence-electron chi connectivity index (χ2n) is 8.93. The van der Waals surface area contributed by atoms with E-state index in [1.807, 2.05) is 0 Å². The van der Waals surface area contributed by atoms with Crippen LogP contribution >= 0.6 is 0 Å². The van der Waals surface area contributed by atoms with Crippen LogP contribution < -0.4 is 5.32 Å². The van der Waals surface area contributed by atoms with E-state index in [-0.39, 0.29) is 34.9 Å². The first-order valence-corrected chi connectivity index (χ1v) is 9.51. The monoisotopic (exact) mass is 331 g/mol. The van der Waals surface area contributed by atoms with E-state index in [0.29, 0.717) is 17.8 Å². The highest BCUT2D eigenvalue weighted by Gasteiger charge is 2.60. The minimum absolute atomic E-state index is 0.0624. The molecular weight excluding hydrogens is 302 g/mol. The molecule has 4 aliphatic rings. The van der Waals surface area contributed by atoms with Crippen molar-refractivity contribution in [1.82, 2.24) is 5.32 Å². The van der Waals surface area contributed by atoms with E-state index >= 15 is 0 Å². The quantitative estimate of drug-likeness (QED) is 0.751. The van der Waals surface area contributed by atoms with Crippen molar-refractivity contribution in [1.29, 1.82) is 0 Å². The summed E-state index contributed by atoms with van der Waals surface area (Å²) in [5.74, 6) is 1.88. The maximum absolute atomic E-state index is 11.8. The molecule has 7 atom stereocenters. The fraction of sp³-hybridized carbons (Fsp3) is 0.800. The summed E-state index contributed by atoms with van der Waals surface area (Å²) >= 11 is 0. The molecule has 0 radical (unpaired) electrons. The van der Waals surface area contributed by atoms with Crippen molar-refractivity contribution in [3.63, 3.8) is 0 Å². The first-order chi connectivity index (χ1) is 11.3. The van der Waals surface area contributed by atoms with Crippen molar-refractivity contribution in [2.45, 2.75) is 71.4 Å². The maximum atomic E-state index is 11.8. The number of hydrogen-bond acceptors (Lipinski definition) is 3. The van der Waals surface area contributed by atoms with Crippen LogP contribution in [0.15, 0.2) is 12.2 Å². The summed E-state index contributed by atoms with van der Waals surface area (Å²) in [6.45, 7) is 6.22. The topological polar surface area (TPSA) is 55.4 Å². The third-order valence-electron chi connectivity index (χ3n) is 7.91. The van der Waals surface area contributed by atoms with Crippen molar-refractivity contribution >= 4 is 11.9 Å². The van der Waals surface area contributed by atoms with Crippen LogP contribution in [0.1, 0.15) is 59.3 Å². The minimum Gasteiger partial charge on any atom is -0.462 e. The van der Waals surface area contributed by atoms with Gasteiger partial charge in [-0.2, -0.15) is 0 Å². The molecule has 3 aliphatic carbocycles. The zero-order valence-corrected chi connectivity index (χ0v) is 15.0. The van der Waals surface area contributed by atoms with Crippen molar-refractivity contribution < 1.29 is 14.3 Å². The average molecular weight is 331 g/mol. The first kappa shape index (κ1) is 16.2. The van der Waals surface area contributed by atoms with Gasteiger partial charge in [-0.15, -0.1) is 0 Å². The zero-order valence-electron chi connectivity index (χ0n) is 15.0. The SMILES string of the molecule is CC(=O)OC1CC[C@H]2[C@@H]3CCC4NC(=O)C=C[C@]4(C)[C@@H]3CC[C@]12C. The van der Waals surface area contributed by atoms with Gasteiger partial charge in [-0.1, -0.05) is 19.9 Å². The number of carbonyl (C=O) groups is 2. The number of hydrogen-bond donors (Lipinski definition) is 1. The molecule has 1 N–H and O–H groups in total. The Bertz CT molecular complexity index is 600. The van der Waals surface area contributed by atoms with Gasteiger partial charge in [0.15, 0.2) is 0 Å². The Balaban J connectivity index is 1.62. The molecule has 1 heterocycles. The summed E-state index contributed by atoms with van der Waals surface area (Å²) in [6.07, 6.45) is 10.8. The van der Waals surface area contributed by atoms with Crippen molar-refractivity contribution in [3.8, 4) is 0 Å². The highest BCUT2D eigenvalue weighted by molar-refractivity contribution is 5.89. The summed E-state index contributed by atoms with van der Waals surface area (Å²) in [5.41, 5.74) is 0.218. The van der Waals surface area contributed by atoms with Gasteiger partial charge in [0, 0.05) is 23.8 Å². The van der Waals surface area contributed by atoms with Gasteiger partial charge >= 0.3 is 5.97 Å². The smallest absolute Gasteiger partial charge is 0.302 e. The minimum atomic E-state index is -0.141. The Morgan fingerprint density at radius 1 is 1.17 bits per heavy atom. The van der Waals surface area contributed by atoms with Crippen molar-refractivity contribution in [2.24, 2.45) is 28.6 Å². The van der Waals surface area contributed by atoms with Crippen molar-refractivity contribution in [2.75, 3.05) is 0 Å². The van der Waals surface area contributed by atoms with Gasteiger partial charge in [-0.05, 0) is 62.4 Å². The average Bonchev–Trinajstić information content (AvgIpc) is 2.84. The molecule has 0 saturated heterocycles. The van der Waals surface area contributed by atoms with Crippen LogP contribution in [0.3, 0.4) is 0 Å². The summed E-state index contributed by atoms with van der Waals surface area (Å²) in [7, 11) is 0. The van der Waals surface area contributed by atoms with Gasteiger partial charge < -0.3 is 10.1 Å². The van der Waals surface area contributed by atoms with Gasteiger partial charge in [0.25, 0.3) is 0 Å². The van der Waals surface area contributed by atoms with Gasteiger partial charge in [-0.3, -0.25) is 9.59 Å². The lowest BCUT2D eigenvalue weighted by atomic mass is 9.48. The largest absolute Gasteiger partial charge is 0.462 e. The van der Waals surface area contributed by atoms with Gasteiger partial charge in [0.1, 0.15) is 6.10 Å². The van der Waals surface area contributed by atoms with E-state index in [0.717, 1.165) is 19.3 Å². The van der Waals surface area contributed by atoms with Crippen LogP contribution in [0.2, 0.25) is 0 Å². The van der Waals surface area contributed by atoms with Crippen LogP contribution in [0.5, 0.6) is 0 Å². The molecule has 132 valence electrons. The number of ether oxygens (including phenoxy) is 1. The maximum Gasteiger partial charge on any atom is 0.302 e. The third-order valence-corrected chi connectivity index (χ3v) is 7.91. The molecule has 4 heteroatoms. The lowest BCUT2D eigenvalue weighted by molar-refractivity contribution is -0.157. The molecule has 0 bridgehead atoms. The lowest BCUT2D eigenvalue weighted by Crippen LogP contribution is -2.59. The fourth-order valence-corrected chi connectivity index (χ4v) is 6.68. The summed E-state index contributed by atoms with van der Waals surface area (Å²) in [4.78, 5) is 23.3. The second kappa shape index (κ2) is 5.34. The molecule has 4 nitrogen and oxygen atoms in total. The molecule has 3 saturated carbocycles. The van der Waals surface area contributed by atoms with Gasteiger partial charge in [-0.25, -0.2) is 0 Å². The molecule has 2 unspecified atom stereocenters. The Morgan fingerprint density at radius 3 is 2.71 bits per heavy atom. The Morgan fingerprint density at radius 2 is 1.96 bits per heavy atom. The fourth-order valence-electron chi connectivity index (χ4n) is 6.68. The second-order valence-corrected chi connectivity index (χ2v) is 8.93. The molecule has 0 aromatic rings. The van der Waals surface area contributed by atoms with Crippen LogP contribution in [0.25, 0.3) is 0 Å². The number of rotatable bonds is 1. The standard InChI is InChI=1S/C20H29NO3/c1-12(22)24-17-7-5-14-13-4-6-16-19(2,11-9-18(23)21-16)15(13)8-10-20(14,17)3/h9,11,13-17H,4-8,10H2,1-3H3,(H,21,23)/t13-,14-,15+,16?,17?,19+,20-/m0/s1. The number of amides is 1. The predicted molar refractivity (Wildman–Crippen MR) is 91.0 cm³/mol. The number of esters is 1. The van der Waals surface area contributed by atoms with Crippen molar-refractivity contribution in [3.05, 3.63) is 12.2 Å². The van der Waals surface area contributed by atoms with Gasteiger partial charge in [0.05, 0.1) is 0 Å². The van der Waals surface area contributed by atoms with E-state index in [1.165, 1.54) is 26.2 Å². The van der Waals surface area contributed by atoms with Crippen LogP contribution in [-0.4, -0.2) is 24.0 Å². The van der Waals surface area contributed by atoms with E-state index < -0.39 is 0 Å². The molecule has 1 amide bonds. The number of fused-ring (bicyclic) bond motifs is 5. The van der Waals surface area contributed by atoms with E-state index in [2.05, 4.69) is 25.2 Å². The Labute approximate surface area is 144 Å². The Hall–Kier alpha value is -1.32. The van der Waals surface area contributed by atoms with Crippen LogP contribution in [0, 0.1) is 28.6 Å². The molecule has 1 aliphatic heterocycles. The molecule has 0 aromatic carbocycles. The van der Waals surface area contributed by atoms with E-state index in [9.17, 15) is 9.59 Å². The van der Waals surface area contributed by atoms with Gasteiger partial charge in [0.2, 0.25) is 5.91 Å². The highest BCUT2D eigenvalue weighted by Crippen LogP contribution is 2.63. The van der Waals surface area contributed by atoms with Crippen LogP contribution in [-0.2, 0) is 14.3 Å². The normalized spacial score (nSPS) is 49.6. The number of carbonyl (C=O) groups excluding carboxylic acids is 2. The summed E-state index contributed by atoms with van der Waals surface area (Å²) in [6, 6.07) is 0.284. The molecule has 0 aromatic heterocycles. The highest BCUT2D eigenvalue weighted by atomic mass is 16.5. The summed E-state index contributed by atoms with van der Waals surface area (Å²) in [5, 5.41) is 3.20. The molecular formula is C20H29NO3. The Kier molecular flexibility index (Phi) is 3.59. The predicted octanol–water partition coefficient (Wildman–Crippen LogP) is 3.22. The molecule has 3 fully saturated rings. The first-order valence-electron chi connectivity index (χ1n) is 9.51. The lowest BCUT2D eigenvalue weighted by Gasteiger charge is -2.58. The molecule has 0 spiro atoms. The molecule has 4 rings (SSSR count). The summed E-state index contributed by atoms with van der Waals surface area (Å²) < 4.78 is 5.70. The molecule has 24 heavy (non-hydrogen) atoms. The number of nitrogens with one attached hydrogen (secondary N) is 1.